The molecule has 0 spiro atoms. The molecule has 0 unspecified atom stereocenters. The lowest BCUT2D eigenvalue weighted by atomic mass is 10.1. The highest BCUT2D eigenvalue weighted by Gasteiger charge is 2.10. The third-order valence-corrected chi connectivity index (χ3v) is 2.99. The van der Waals surface area contributed by atoms with E-state index >= 15 is 0 Å². The summed E-state index contributed by atoms with van der Waals surface area (Å²) >= 11 is 3.36. The highest BCUT2D eigenvalue weighted by atomic mass is 79.9. The molecule has 1 rings (SSSR count). The van der Waals surface area contributed by atoms with Crippen molar-refractivity contribution in [2.45, 2.75) is 13.8 Å². The number of hydrogen-bond donors (Lipinski definition) is 3. The van der Waals surface area contributed by atoms with Gasteiger partial charge >= 0.3 is 0 Å². The van der Waals surface area contributed by atoms with Crippen molar-refractivity contribution in [3.63, 3.8) is 0 Å². The highest BCUT2D eigenvalue weighted by molar-refractivity contribution is 9.10. The first-order chi connectivity index (χ1) is 8.31. The maximum atomic E-state index is 11.5. The van der Waals surface area contributed by atoms with E-state index in [1.165, 1.54) is 6.92 Å². The molecule has 0 aliphatic carbocycles. The van der Waals surface area contributed by atoms with Crippen LogP contribution in [-0.4, -0.2) is 17.7 Å². The van der Waals surface area contributed by atoms with Crippen molar-refractivity contribution in [2.24, 2.45) is 27.2 Å². The molecule has 1 aromatic rings. The van der Waals surface area contributed by atoms with Gasteiger partial charge in [0.15, 0.2) is 11.7 Å². The summed E-state index contributed by atoms with van der Waals surface area (Å²) in [4.78, 5) is 19.1. The molecule has 0 saturated heterocycles. The SMILES string of the molecule is CC(=O)c1cc(Br)c(C)cc1N=C(N)N=C(N)N. The van der Waals surface area contributed by atoms with Crippen LogP contribution in [0.4, 0.5) is 5.69 Å². The second-order valence-corrected chi connectivity index (χ2v) is 4.54. The van der Waals surface area contributed by atoms with Crippen molar-refractivity contribution >= 4 is 39.3 Å². The van der Waals surface area contributed by atoms with E-state index in [0.717, 1.165) is 10.0 Å². The third-order valence-electron chi connectivity index (χ3n) is 2.13. The number of carbonyl (C=O) groups excluding carboxylic acids is 1. The maximum Gasteiger partial charge on any atom is 0.223 e. The van der Waals surface area contributed by atoms with Crippen LogP contribution in [0, 0.1) is 6.92 Å². The molecule has 0 amide bonds. The van der Waals surface area contributed by atoms with Gasteiger partial charge in [-0.05, 0) is 31.5 Å². The van der Waals surface area contributed by atoms with Gasteiger partial charge in [0.1, 0.15) is 0 Å². The van der Waals surface area contributed by atoms with Crippen LogP contribution in [0.2, 0.25) is 0 Å². The number of ketones is 1. The Bertz CT molecular complexity index is 547. The minimum Gasteiger partial charge on any atom is -0.370 e. The predicted octanol–water partition coefficient (Wildman–Crippen LogP) is 1.18. The summed E-state index contributed by atoms with van der Waals surface area (Å²) in [5.74, 6) is -0.402. The Morgan fingerprint density at radius 2 is 1.89 bits per heavy atom. The molecular formula is C11H14BrN5O. The number of carbonyl (C=O) groups is 1. The summed E-state index contributed by atoms with van der Waals surface area (Å²) in [6.45, 7) is 3.33. The number of guanidine groups is 2. The summed E-state index contributed by atoms with van der Waals surface area (Å²) < 4.78 is 0.826. The molecule has 0 saturated carbocycles. The fourth-order valence-electron chi connectivity index (χ4n) is 1.32. The zero-order chi connectivity index (χ0) is 13.9. The molecule has 0 atom stereocenters. The van der Waals surface area contributed by atoms with Crippen molar-refractivity contribution < 1.29 is 4.79 Å². The van der Waals surface area contributed by atoms with Gasteiger partial charge in [-0.2, -0.15) is 4.99 Å². The zero-order valence-corrected chi connectivity index (χ0v) is 11.7. The Balaban J connectivity index is 3.36. The molecule has 0 aliphatic heterocycles. The first-order valence-electron chi connectivity index (χ1n) is 5.06. The number of nitrogens with two attached hydrogens (primary N) is 3. The lowest BCUT2D eigenvalue weighted by molar-refractivity contribution is 0.101. The smallest absolute Gasteiger partial charge is 0.223 e. The predicted molar refractivity (Wildman–Crippen MR) is 76.0 cm³/mol. The van der Waals surface area contributed by atoms with Crippen LogP contribution in [0.15, 0.2) is 26.6 Å². The van der Waals surface area contributed by atoms with E-state index in [9.17, 15) is 4.79 Å². The van der Waals surface area contributed by atoms with Crippen molar-refractivity contribution in [3.05, 3.63) is 27.7 Å². The number of nitrogens with zero attached hydrogens (tertiary/aromatic N) is 2. The Labute approximate surface area is 113 Å². The number of aryl methyl sites for hydroxylation is 1. The van der Waals surface area contributed by atoms with Gasteiger partial charge in [-0.25, -0.2) is 4.99 Å². The van der Waals surface area contributed by atoms with Gasteiger partial charge in [-0.1, -0.05) is 15.9 Å². The molecular weight excluding hydrogens is 298 g/mol. The van der Waals surface area contributed by atoms with Crippen molar-refractivity contribution in [1.29, 1.82) is 0 Å². The number of hydrogen-bond acceptors (Lipinski definition) is 2. The Kier molecular flexibility index (Phi) is 4.43. The average Bonchev–Trinajstić information content (AvgIpc) is 2.21. The highest BCUT2D eigenvalue weighted by Crippen LogP contribution is 2.27. The summed E-state index contributed by atoms with van der Waals surface area (Å²) in [6.07, 6.45) is 0. The van der Waals surface area contributed by atoms with E-state index in [-0.39, 0.29) is 17.7 Å². The molecule has 0 aromatic heterocycles. The van der Waals surface area contributed by atoms with E-state index in [2.05, 4.69) is 25.9 Å². The Hall–Kier alpha value is -1.89. The molecule has 6 N–H and O–H groups in total. The Morgan fingerprint density at radius 1 is 1.28 bits per heavy atom. The molecule has 0 fully saturated rings. The van der Waals surface area contributed by atoms with E-state index < -0.39 is 0 Å². The number of benzene rings is 1. The van der Waals surface area contributed by atoms with Gasteiger partial charge in [0.25, 0.3) is 0 Å². The van der Waals surface area contributed by atoms with E-state index in [0.29, 0.717) is 11.3 Å². The van der Waals surface area contributed by atoms with Crippen molar-refractivity contribution in [2.75, 3.05) is 0 Å². The van der Waals surface area contributed by atoms with Crippen LogP contribution in [-0.2, 0) is 0 Å². The molecule has 6 nitrogen and oxygen atoms in total. The summed E-state index contributed by atoms with van der Waals surface area (Å²) in [5.41, 5.74) is 17.7. The standard InChI is InChI=1S/C11H14BrN5O/c1-5-3-9(16-11(15)17-10(13)14)7(6(2)18)4-8(5)12/h3-4H,1-2H3,(H6,13,14,15,16,17). The van der Waals surface area contributed by atoms with Gasteiger partial charge in [0.05, 0.1) is 5.69 Å². The monoisotopic (exact) mass is 311 g/mol. The lowest BCUT2D eigenvalue weighted by Crippen LogP contribution is -2.26. The number of aliphatic imine (C=N–C) groups is 2. The number of Topliss-reactive ketones (excluding diaryl/α,β-unsaturated/α-hetero) is 1. The van der Waals surface area contributed by atoms with Gasteiger partial charge in [-0.3, -0.25) is 4.79 Å². The maximum absolute atomic E-state index is 11.5. The molecule has 0 aliphatic rings. The van der Waals surface area contributed by atoms with Gasteiger partial charge < -0.3 is 17.2 Å². The minimum absolute atomic E-state index is 0.0979. The van der Waals surface area contributed by atoms with E-state index in [4.69, 9.17) is 17.2 Å². The second kappa shape index (κ2) is 5.63. The van der Waals surface area contributed by atoms with Gasteiger partial charge in [0.2, 0.25) is 5.96 Å². The Morgan fingerprint density at radius 3 is 2.39 bits per heavy atom. The number of rotatable bonds is 2. The van der Waals surface area contributed by atoms with Crippen LogP contribution in [0.25, 0.3) is 0 Å². The molecule has 7 heteroatoms. The molecule has 0 radical (unpaired) electrons. The second-order valence-electron chi connectivity index (χ2n) is 3.68. The fourth-order valence-corrected chi connectivity index (χ4v) is 1.66. The zero-order valence-electron chi connectivity index (χ0n) is 10.1. The molecule has 0 bridgehead atoms. The van der Waals surface area contributed by atoms with Crippen LogP contribution >= 0.6 is 15.9 Å². The summed E-state index contributed by atoms with van der Waals surface area (Å²) in [7, 11) is 0. The van der Waals surface area contributed by atoms with Gasteiger partial charge in [0, 0.05) is 10.0 Å². The van der Waals surface area contributed by atoms with Crippen LogP contribution < -0.4 is 17.2 Å². The number of halogens is 1. The fraction of sp³-hybridized carbons (Fsp3) is 0.182. The summed E-state index contributed by atoms with van der Waals surface area (Å²) in [5, 5.41) is 0. The first kappa shape index (κ1) is 14.2. The summed E-state index contributed by atoms with van der Waals surface area (Å²) in [6, 6.07) is 3.43. The topological polar surface area (TPSA) is 120 Å². The van der Waals surface area contributed by atoms with Crippen LogP contribution in [0.3, 0.4) is 0 Å². The normalized spacial score (nSPS) is 11.2. The van der Waals surface area contributed by atoms with Crippen LogP contribution in [0.1, 0.15) is 22.8 Å². The van der Waals surface area contributed by atoms with Gasteiger partial charge in [-0.15, -0.1) is 0 Å². The molecule has 96 valence electrons. The molecule has 0 heterocycles. The van der Waals surface area contributed by atoms with Crippen LogP contribution in [0.5, 0.6) is 0 Å². The van der Waals surface area contributed by atoms with E-state index in [1.807, 2.05) is 6.92 Å². The average molecular weight is 312 g/mol. The lowest BCUT2D eigenvalue weighted by Gasteiger charge is -2.06. The molecule has 1 aromatic carbocycles. The molecule has 18 heavy (non-hydrogen) atoms. The van der Waals surface area contributed by atoms with E-state index in [1.54, 1.807) is 12.1 Å². The largest absolute Gasteiger partial charge is 0.370 e. The first-order valence-corrected chi connectivity index (χ1v) is 5.85. The van der Waals surface area contributed by atoms with Crippen molar-refractivity contribution in [1.82, 2.24) is 0 Å². The van der Waals surface area contributed by atoms with Crippen molar-refractivity contribution in [3.8, 4) is 0 Å². The minimum atomic E-state index is -0.186. The quantitative estimate of drug-likeness (QED) is 0.431. The third kappa shape index (κ3) is 3.56.